The van der Waals surface area contributed by atoms with Crippen LogP contribution >= 0.6 is 0 Å². The van der Waals surface area contributed by atoms with Crippen molar-refractivity contribution in [1.82, 2.24) is 4.90 Å². The summed E-state index contributed by atoms with van der Waals surface area (Å²) in [5, 5.41) is 0. The molecule has 1 atom stereocenters. The summed E-state index contributed by atoms with van der Waals surface area (Å²) in [4.78, 5) is 12.3. The van der Waals surface area contributed by atoms with Crippen LogP contribution in [0.25, 0.3) is 0 Å². The summed E-state index contributed by atoms with van der Waals surface area (Å²) in [6, 6.07) is 0. The number of hydrogen-bond donors (Lipinski definition) is 1. The average molecular weight is 254 g/mol. The highest BCUT2D eigenvalue weighted by atomic mass is 19.4. The number of halogens is 3. The van der Waals surface area contributed by atoms with E-state index < -0.39 is 24.4 Å². The number of nitrogens with two attached hydrogens (primary N) is 1. The Hall–Kier alpha value is -0.980. The molecule has 0 spiro atoms. The molecule has 1 rings (SSSR count). The minimum absolute atomic E-state index is 0.0372. The molecule has 0 aromatic rings. The van der Waals surface area contributed by atoms with Crippen LogP contribution in [0.2, 0.25) is 0 Å². The van der Waals surface area contributed by atoms with E-state index in [1.54, 1.807) is 6.92 Å². The van der Waals surface area contributed by atoms with Gasteiger partial charge in [0.25, 0.3) is 0 Å². The summed E-state index contributed by atoms with van der Waals surface area (Å²) in [6.45, 7) is 1.01. The molecule has 0 aromatic heterocycles. The van der Waals surface area contributed by atoms with E-state index in [9.17, 15) is 18.0 Å². The lowest BCUT2D eigenvalue weighted by molar-refractivity contribution is -0.231. The van der Waals surface area contributed by atoms with Gasteiger partial charge in [0.1, 0.15) is 0 Å². The third kappa shape index (κ3) is 2.48. The Morgan fingerprint density at radius 3 is 2.59 bits per heavy atom. The second-order valence-electron chi connectivity index (χ2n) is 4.04. The van der Waals surface area contributed by atoms with Crippen molar-refractivity contribution in [2.24, 2.45) is 5.73 Å². The quantitative estimate of drug-likeness (QED) is 0.818. The van der Waals surface area contributed by atoms with Crippen molar-refractivity contribution < 1.29 is 22.7 Å². The minimum Gasteiger partial charge on any atom is -0.450 e. The van der Waals surface area contributed by atoms with Crippen LogP contribution in [0.1, 0.15) is 26.2 Å². The van der Waals surface area contributed by atoms with Gasteiger partial charge in [0, 0.05) is 13.1 Å². The van der Waals surface area contributed by atoms with Crippen molar-refractivity contribution in [3.05, 3.63) is 0 Å². The van der Waals surface area contributed by atoms with Crippen LogP contribution in [0.4, 0.5) is 18.0 Å². The molecule has 2 N–H and O–H groups in total. The van der Waals surface area contributed by atoms with Gasteiger partial charge in [0.15, 0.2) is 5.54 Å². The molecule has 0 saturated carbocycles. The minimum atomic E-state index is -4.53. The van der Waals surface area contributed by atoms with Crippen molar-refractivity contribution in [2.45, 2.75) is 37.9 Å². The van der Waals surface area contributed by atoms with Gasteiger partial charge in [-0.1, -0.05) is 0 Å². The first kappa shape index (κ1) is 14.1. The molecule has 0 aromatic carbocycles. The van der Waals surface area contributed by atoms with Gasteiger partial charge in [-0.3, -0.25) is 4.90 Å². The molecule has 1 heterocycles. The van der Waals surface area contributed by atoms with Gasteiger partial charge in [-0.2, -0.15) is 13.2 Å². The number of ether oxygens (including phenoxy) is 1. The molecule has 100 valence electrons. The highest BCUT2D eigenvalue weighted by Crippen LogP contribution is 2.41. The highest BCUT2D eigenvalue weighted by Gasteiger charge is 2.60. The zero-order chi connectivity index (χ0) is 13.1. The predicted molar refractivity (Wildman–Crippen MR) is 55.4 cm³/mol. The lowest BCUT2D eigenvalue weighted by Gasteiger charge is -2.46. The summed E-state index contributed by atoms with van der Waals surface area (Å²) >= 11 is 0. The fourth-order valence-corrected chi connectivity index (χ4v) is 2.13. The van der Waals surface area contributed by atoms with Crippen LogP contribution in [0, 0.1) is 0 Å². The topological polar surface area (TPSA) is 55.6 Å². The Bertz CT molecular complexity index is 283. The molecule has 0 aliphatic carbocycles. The van der Waals surface area contributed by atoms with E-state index in [1.165, 1.54) is 0 Å². The van der Waals surface area contributed by atoms with Crippen molar-refractivity contribution >= 4 is 6.09 Å². The van der Waals surface area contributed by atoms with Gasteiger partial charge in [-0.05, 0) is 26.2 Å². The Labute approximate surface area is 97.9 Å². The van der Waals surface area contributed by atoms with Crippen LogP contribution in [0.15, 0.2) is 0 Å². The Morgan fingerprint density at radius 1 is 1.47 bits per heavy atom. The smallest absolute Gasteiger partial charge is 0.413 e. The molecule has 0 bridgehead atoms. The second kappa shape index (κ2) is 5.12. The monoisotopic (exact) mass is 254 g/mol. The van der Waals surface area contributed by atoms with E-state index in [1.807, 2.05) is 0 Å². The van der Waals surface area contributed by atoms with Gasteiger partial charge in [-0.15, -0.1) is 0 Å². The van der Waals surface area contributed by atoms with Crippen LogP contribution in [-0.2, 0) is 4.74 Å². The normalized spacial score (nSPS) is 25.8. The fraction of sp³-hybridized carbons (Fsp3) is 0.900. The average Bonchev–Trinajstić information content (AvgIpc) is 2.27. The molecule has 4 nitrogen and oxygen atoms in total. The second-order valence-corrected chi connectivity index (χ2v) is 4.04. The predicted octanol–water partition coefficient (Wildman–Crippen LogP) is 1.89. The van der Waals surface area contributed by atoms with Crippen LogP contribution in [0.3, 0.4) is 0 Å². The van der Waals surface area contributed by atoms with E-state index in [-0.39, 0.29) is 19.6 Å². The van der Waals surface area contributed by atoms with E-state index in [2.05, 4.69) is 4.74 Å². The molecule has 1 saturated heterocycles. The molecule has 1 unspecified atom stereocenters. The molecule has 0 radical (unpaired) electrons. The van der Waals surface area contributed by atoms with Crippen molar-refractivity contribution in [1.29, 1.82) is 0 Å². The van der Waals surface area contributed by atoms with Crippen LogP contribution in [-0.4, -0.2) is 42.4 Å². The maximum absolute atomic E-state index is 13.1. The third-order valence-electron chi connectivity index (χ3n) is 3.09. The number of alkyl halides is 3. The number of piperidine rings is 1. The zero-order valence-corrected chi connectivity index (χ0v) is 9.72. The molecule has 1 fully saturated rings. The van der Waals surface area contributed by atoms with Crippen molar-refractivity contribution in [2.75, 3.05) is 19.7 Å². The van der Waals surface area contributed by atoms with Gasteiger partial charge in [0.2, 0.25) is 0 Å². The largest absolute Gasteiger partial charge is 0.450 e. The fourth-order valence-electron chi connectivity index (χ4n) is 2.13. The molecule has 17 heavy (non-hydrogen) atoms. The number of nitrogens with zero attached hydrogens (tertiary/aromatic N) is 1. The molecular formula is C10H17F3N2O2. The zero-order valence-electron chi connectivity index (χ0n) is 9.72. The first-order valence-corrected chi connectivity index (χ1v) is 5.60. The maximum atomic E-state index is 13.1. The number of amides is 1. The lowest BCUT2D eigenvalue weighted by Crippen LogP contribution is -2.66. The number of carbonyl (C=O) groups is 1. The number of carbonyl (C=O) groups excluding carboxylic acids is 1. The number of rotatable bonds is 2. The molecule has 1 amide bonds. The summed E-state index contributed by atoms with van der Waals surface area (Å²) in [5.41, 5.74) is 3.01. The Morgan fingerprint density at radius 2 is 2.12 bits per heavy atom. The standard InChI is InChI=1S/C10H17F3N2O2/c1-2-17-8(16)15-6-4-3-5-9(15,7-14)10(11,12)13/h2-7,14H2,1H3. The first-order chi connectivity index (χ1) is 7.89. The molecule has 1 aliphatic heterocycles. The summed E-state index contributed by atoms with van der Waals surface area (Å²) in [7, 11) is 0. The lowest BCUT2D eigenvalue weighted by atomic mass is 9.86. The number of likely N-dealkylation sites (tertiary alicyclic amines) is 1. The third-order valence-corrected chi connectivity index (χ3v) is 3.09. The summed E-state index contributed by atoms with van der Waals surface area (Å²) in [6.07, 6.45) is -4.68. The van der Waals surface area contributed by atoms with E-state index in [4.69, 9.17) is 5.73 Å². The summed E-state index contributed by atoms with van der Waals surface area (Å²) in [5.74, 6) is 0. The van der Waals surface area contributed by atoms with Crippen molar-refractivity contribution in [3.63, 3.8) is 0 Å². The van der Waals surface area contributed by atoms with Gasteiger partial charge in [0.05, 0.1) is 6.61 Å². The van der Waals surface area contributed by atoms with Crippen molar-refractivity contribution in [3.8, 4) is 0 Å². The van der Waals surface area contributed by atoms with E-state index in [0.717, 1.165) is 4.90 Å². The number of hydrogen-bond acceptors (Lipinski definition) is 3. The SMILES string of the molecule is CCOC(=O)N1CCCCC1(CN)C(F)(F)F. The van der Waals surface area contributed by atoms with Gasteiger partial charge < -0.3 is 10.5 Å². The van der Waals surface area contributed by atoms with Crippen LogP contribution < -0.4 is 5.73 Å². The molecule has 7 heteroatoms. The van der Waals surface area contributed by atoms with E-state index in [0.29, 0.717) is 12.8 Å². The van der Waals surface area contributed by atoms with Gasteiger partial charge in [-0.25, -0.2) is 4.79 Å². The van der Waals surface area contributed by atoms with Crippen LogP contribution in [0.5, 0.6) is 0 Å². The summed E-state index contributed by atoms with van der Waals surface area (Å²) < 4.78 is 44.0. The first-order valence-electron chi connectivity index (χ1n) is 5.60. The molecule has 1 aliphatic rings. The highest BCUT2D eigenvalue weighted by molar-refractivity contribution is 5.69. The maximum Gasteiger partial charge on any atom is 0.413 e. The van der Waals surface area contributed by atoms with E-state index >= 15 is 0 Å². The molecular weight excluding hydrogens is 237 g/mol. The van der Waals surface area contributed by atoms with Gasteiger partial charge >= 0.3 is 12.3 Å². The Balaban J connectivity index is 3.01. The Kier molecular flexibility index (Phi) is 4.24.